The second-order valence-corrected chi connectivity index (χ2v) is 4.54. The number of nitrogens with zero attached hydrogens (tertiary/aromatic N) is 1. The van der Waals surface area contributed by atoms with Crippen molar-refractivity contribution in [3.05, 3.63) is 0 Å². The lowest BCUT2D eigenvalue weighted by Crippen LogP contribution is -2.47. The molecule has 0 saturated carbocycles. The molecule has 6 heteroatoms. The Labute approximate surface area is 92.4 Å². The number of carbonyl (C=O) groups excluding carboxylic acids is 1. The number of thiol groups is 1. The van der Waals surface area contributed by atoms with E-state index in [-0.39, 0.29) is 5.91 Å². The molecule has 1 rings (SSSR count). The zero-order valence-corrected chi connectivity index (χ0v) is 9.39. The lowest BCUT2D eigenvalue weighted by atomic mass is 10.2. The maximum atomic E-state index is 11.5. The number of hydrogen-bond donors (Lipinski definition) is 2. The summed E-state index contributed by atoms with van der Waals surface area (Å²) >= 11 is 5.55. The summed E-state index contributed by atoms with van der Waals surface area (Å²) in [6.07, 6.45) is 0.853. The Morgan fingerprint density at radius 1 is 1.57 bits per heavy atom. The van der Waals surface area contributed by atoms with Crippen molar-refractivity contribution < 1.29 is 14.7 Å². The molecule has 1 atom stereocenters. The van der Waals surface area contributed by atoms with Crippen molar-refractivity contribution in [3.8, 4) is 0 Å². The van der Waals surface area contributed by atoms with Crippen LogP contribution in [-0.2, 0) is 9.59 Å². The Kier molecular flexibility index (Phi) is 4.60. The van der Waals surface area contributed by atoms with Gasteiger partial charge in [0.05, 0.1) is 5.88 Å². The zero-order valence-electron chi connectivity index (χ0n) is 7.68. The highest BCUT2D eigenvalue weighted by molar-refractivity contribution is 7.99. The quantitative estimate of drug-likeness (QED) is 0.706. The third-order valence-corrected chi connectivity index (χ3v) is 3.28. The fraction of sp³-hybridized carbons (Fsp3) is 0.750. The predicted molar refractivity (Wildman–Crippen MR) is 58.7 cm³/mol. The van der Waals surface area contributed by atoms with Crippen LogP contribution in [0.3, 0.4) is 0 Å². The minimum atomic E-state index is -0.905. The van der Waals surface area contributed by atoms with Crippen LogP contribution in [0.5, 0.6) is 0 Å². The van der Waals surface area contributed by atoms with Crippen LogP contribution in [0.4, 0.5) is 0 Å². The van der Waals surface area contributed by atoms with Crippen LogP contribution in [0.2, 0.25) is 0 Å². The summed E-state index contributed by atoms with van der Waals surface area (Å²) in [7, 11) is 0. The molecule has 0 radical (unpaired) electrons. The van der Waals surface area contributed by atoms with Gasteiger partial charge >= 0.3 is 5.97 Å². The van der Waals surface area contributed by atoms with E-state index < -0.39 is 12.0 Å². The SMILES string of the molecule is O=C(O)C1CCSCN1C(=O)CCS. The van der Waals surface area contributed by atoms with E-state index in [1.807, 2.05) is 0 Å². The van der Waals surface area contributed by atoms with Gasteiger partial charge in [0.1, 0.15) is 6.04 Å². The van der Waals surface area contributed by atoms with Crippen LogP contribution in [0.15, 0.2) is 0 Å². The Morgan fingerprint density at radius 3 is 2.86 bits per heavy atom. The number of hydrogen-bond acceptors (Lipinski definition) is 4. The second-order valence-electron chi connectivity index (χ2n) is 3.02. The molecule has 1 amide bonds. The van der Waals surface area contributed by atoms with Crippen molar-refractivity contribution in [3.63, 3.8) is 0 Å². The van der Waals surface area contributed by atoms with Crippen molar-refractivity contribution in [2.45, 2.75) is 18.9 Å². The Hall–Kier alpha value is -0.360. The Bertz CT molecular complexity index is 235. The van der Waals surface area contributed by atoms with Gasteiger partial charge in [0, 0.05) is 6.42 Å². The van der Waals surface area contributed by atoms with Gasteiger partial charge in [-0.3, -0.25) is 4.79 Å². The molecule has 0 aromatic carbocycles. The summed E-state index contributed by atoms with van der Waals surface area (Å²) in [6, 6.07) is -0.636. The fourth-order valence-corrected chi connectivity index (χ4v) is 2.58. The minimum absolute atomic E-state index is 0.111. The first kappa shape index (κ1) is 11.7. The molecule has 1 heterocycles. The topological polar surface area (TPSA) is 57.6 Å². The standard InChI is InChI=1S/C8H13NO3S2/c10-7(1-3-13)9-5-14-4-2-6(9)8(11)12/h6,13H,1-5H2,(H,11,12). The van der Waals surface area contributed by atoms with Crippen LogP contribution < -0.4 is 0 Å². The molecule has 80 valence electrons. The third kappa shape index (κ3) is 2.81. The third-order valence-electron chi connectivity index (χ3n) is 2.07. The van der Waals surface area contributed by atoms with Gasteiger partial charge in [0.25, 0.3) is 0 Å². The van der Waals surface area contributed by atoms with Crippen molar-refractivity contribution in [1.29, 1.82) is 0 Å². The van der Waals surface area contributed by atoms with Crippen molar-refractivity contribution >= 4 is 36.3 Å². The summed E-state index contributed by atoms with van der Waals surface area (Å²) in [5.41, 5.74) is 0. The molecule has 0 spiro atoms. The van der Waals surface area contributed by atoms with Crippen LogP contribution in [0.25, 0.3) is 0 Å². The molecule has 0 aromatic rings. The normalized spacial score (nSPS) is 22.1. The van der Waals surface area contributed by atoms with Gasteiger partial charge in [0.15, 0.2) is 0 Å². The van der Waals surface area contributed by atoms with E-state index in [2.05, 4.69) is 12.6 Å². The van der Waals surface area contributed by atoms with Crippen molar-refractivity contribution in [2.75, 3.05) is 17.4 Å². The zero-order chi connectivity index (χ0) is 10.6. The van der Waals surface area contributed by atoms with Crippen molar-refractivity contribution in [1.82, 2.24) is 4.90 Å². The van der Waals surface area contributed by atoms with Gasteiger partial charge in [0.2, 0.25) is 5.91 Å². The minimum Gasteiger partial charge on any atom is -0.480 e. The van der Waals surface area contributed by atoms with E-state index in [0.29, 0.717) is 24.5 Å². The molecule has 1 unspecified atom stereocenters. The molecule has 0 aromatic heterocycles. The average molecular weight is 235 g/mol. The fourth-order valence-electron chi connectivity index (χ4n) is 1.35. The van der Waals surface area contributed by atoms with Gasteiger partial charge in [-0.15, -0.1) is 11.8 Å². The Morgan fingerprint density at radius 2 is 2.29 bits per heavy atom. The predicted octanol–water partition coefficient (Wildman–Crippen LogP) is 0.682. The molecule has 4 nitrogen and oxygen atoms in total. The van der Waals surface area contributed by atoms with Gasteiger partial charge in [-0.05, 0) is 17.9 Å². The summed E-state index contributed by atoms with van der Waals surface area (Å²) in [4.78, 5) is 23.8. The summed E-state index contributed by atoms with van der Waals surface area (Å²) in [5.74, 6) is 0.745. The monoisotopic (exact) mass is 235 g/mol. The highest BCUT2D eigenvalue weighted by Gasteiger charge is 2.31. The Balaban J connectivity index is 2.62. The lowest BCUT2D eigenvalue weighted by Gasteiger charge is -2.32. The van der Waals surface area contributed by atoms with E-state index in [4.69, 9.17) is 5.11 Å². The molecule has 1 saturated heterocycles. The maximum Gasteiger partial charge on any atom is 0.326 e. The van der Waals surface area contributed by atoms with Gasteiger partial charge in [-0.2, -0.15) is 12.6 Å². The first-order valence-electron chi connectivity index (χ1n) is 4.37. The summed E-state index contributed by atoms with van der Waals surface area (Å²) < 4.78 is 0. The van der Waals surface area contributed by atoms with Crippen LogP contribution in [-0.4, -0.2) is 45.3 Å². The van der Waals surface area contributed by atoms with Crippen LogP contribution >= 0.6 is 24.4 Å². The highest BCUT2D eigenvalue weighted by atomic mass is 32.2. The van der Waals surface area contributed by atoms with E-state index >= 15 is 0 Å². The molecule has 14 heavy (non-hydrogen) atoms. The molecule has 1 N–H and O–H groups in total. The number of carboxylic acid groups (broad SMARTS) is 1. The van der Waals surface area contributed by atoms with E-state index in [9.17, 15) is 9.59 Å². The van der Waals surface area contributed by atoms with E-state index in [1.54, 1.807) is 11.8 Å². The number of aliphatic carboxylic acids is 1. The van der Waals surface area contributed by atoms with Crippen molar-refractivity contribution in [2.24, 2.45) is 0 Å². The van der Waals surface area contributed by atoms with Gasteiger partial charge in [-0.1, -0.05) is 0 Å². The molecule has 1 aliphatic rings. The van der Waals surface area contributed by atoms with E-state index in [1.165, 1.54) is 4.90 Å². The number of rotatable bonds is 3. The first-order valence-corrected chi connectivity index (χ1v) is 6.16. The molecule has 1 fully saturated rings. The molecular formula is C8H13NO3S2. The molecular weight excluding hydrogens is 222 g/mol. The largest absolute Gasteiger partial charge is 0.480 e. The number of carboxylic acids is 1. The van der Waals surface area contributed by atoms with Crippen LogP contribution in [0, 0.1) is 0 Å². The summed E-state index contributed by atoms with van der Waals surface area (Å²) in [5, 5.41) is 8.90. The lowest BCUT2D eigenvalue weighted by molar-refractivity contribution is -0.149. The molecule has 0 bridgehead atoms. The maximum absolute atomic E-state index is 11.5. The van der Waals surface area contributed by atoms with Crippen LogP contribution in [0.1, 0.15) is 12.8 Å². The van der Waals surface area contributed by atoms with Gasteiger partial charge < -0.3 is 10.0 Å². The molecule has 0 aliphatic carbocycles. The average Bonchev–Trinajstić information content (AvgIpc) is 2.18. The van der Waals surface area contributed by atoms with E-state index in [0.717, 1.165) is 5.75 Å². The highest BCUT2D eigenvalue weighted by Crippen LogP contribution is 2.21. The summed E-state index contributed by atoms with van der Waals surface area (Å²) in [6.45, 7) is 0. The first-order chi connectivity index (χ1) is 6.66. The molecule has 1 aliphatic heterocycles. The number of carbonyl (C=O) groups is 2. The second kappa shape index (κ2) is 5.50. The smallest absolute Gasteiger partial charge is 0.326 e. The number of thioether (sulfide) groups is 1. The van der Waals surface area contributed by atoms with Gasteiger partial charge in [-0.25, -0.2) is 4.79 Å². The number of amides is 1.